The van der Waals surface area contributed by atoms with Gasteiger partial charge in [0.1, 0.15) is 0 Å². The molecular formula is C15H23ClN4O2S. The lowest BCUT2D eigenvalue weighted by Crippen LogP contribution is -2.44. The van der Waals surface area contributed by atoms with Crippen LogP contribution < -0.4 is 10.0 Å². The molecule has 1 aromatic carbocycles. The number of hydrogen-bond donors (Lipinski definition) is 2. The van der Waals surface area contributed by atoms with Crippen molar-refractivity contribution in [2.75, 3.05) is 39.3 Å². The van der Waals surface area contributed by atoms with E-state index in [-0.39, 0.29) is 17.3 Å². The largest absolute Gasteiger partial charge is 0.314 e. The van der Waals surface area contributed by atoms with Crippen LogP contribution in [0.3, 0.4) is 0 Å². The van der Waals surface area contributed by atoms with Gasteiger partial charge in [0.25, 0.3) is 0 Å². The zero-order valence-corrected chi connectivity index (χ0v) is 14.8. The summed E-state index contributed by atoms with van der Waals surface area (Å²) in [7, 11) is -3.51. The van der Waals surface area contributed by atoms with Crippen LogP contribution in [0.1, 0.15) is 17.5 Å². The number of nitriles is 1. The maximum Gasteiger partial charge on any atom is 0.240 e. The molecule has 8 heteroatoms. The summed E-state index contributed by atoms with van der Waals surface area (Å²) in [6.07, 6.45) is 0.786. The van der Waals surface area contributed by atoms with Crippen LogP contribution in [-0.4, -0.2) is 52.6 Å². The van der Waals surface area contributed by atoms with Crippen molar-refractivity contribution in [3.63, 3.8) is 0 Å². The highest BCUT2D eigenvalue weighted by atomic mass is 35.5. The summed E-state index contributed by atoms with van der Waals surface area (Å²) in [5.74, 6) is 0. The monoisotopic (exact) mass is 358 g/mol. The lowest BCUT2D eigenvalue weighted by molar-refractivity contribution is 0.239. The molecule has 1 aromatic rings. The van der Waals surface area contributed by atoms with E-state index in [0.717, 1.165) is 39.1 Å². The number of hydrogen-bond acceptors (Lipinski definition) is 5. The van der Waals surface area contributed by atoms with Crippen molar-refractivity contribution in [2.24, 2.45) is 0 Å². The van der Waals surface area contributed by atoms with Gasteiger partial charge in [0.2, 0.25) is 10.0 Å². The maximum atomic E-state index is 12.3. The second-order valence-corrected chi connectivity index (χ2v) is 7.17. The van der Waals surface area contributed by atoms with Crippen LogP contribution in [0.25, 0.3) is 0 Å². The minimum atomic E-state index is -3.51. The second kappa shape index (κ2) is 9.21. The van der Waals surface area contributed by atoms with Crippen LogP contribution in [0.15, 0.2) is 23.1 Å². The van der Waals surface area contributed by atoms with Crippen molar-refractivity contribution < 1.29 is 8.42 Å². The van der Waals surface area contributed by atoms with Crippen molar-refractivity contribution >= 4 is 22.4 Å². The minimum Gasteiger partial charge on any atom is -0.314 e. The fourth-order valence-electron chi connectivity index (χ4n) is 2.54. The van der Waals surface area contributed by atoms with Crippen LogP contribution in [0, 0.1) is 18.3 Å². The molecule has 2 rings (SSSR count). The number of rotatable bonds is 6. The Balaban J connectivity index is 0.00000264. The Morgan fingerprint density at radius 3 is 2.65 bits per heavy atom. The zero-order valence-electron chi connectivity index (χ0n) is 13.2. The van der Waals surface area contributed by atoms with Gasteiger partial charge in [-0.15, -0.1) is 12.4 Å². The molecule has 0 aromatic heterocycles. The molecular weight excluding hydrogens is 336 g/mol. The molecule has 1 aliphatic rings. The van der Waals surface area contributed by atoms with E-state index in [0.29, 0.717) is 17.7 Å². The number of aryl methyl sites for hydroxylation is 1. The molecule has 0 amide bonds. The molecule has 0 atom stereocenters. The predicted octanol–water partition coefficient (Wildman–Crippen LogP) is 0.862. The van der Waals surface area contributed by atoms with Gasteiger partial charge in [-0.2, -0.15) is 5.26 Å². The van der Waals surface area contributed by atoms with E-state index in [4.69, 9.17) is 5.26 Å². The molecule has 0 aliphatic carbocycles. The molecule has 128 valence electrons. The van der Waals surface area contributed by atoms with Crippen LogP contribution in [-0.2, 0) is 10.0 Å². The van der Waals surface area contributed by atoms with E-state index in [1.54, 1.807) is 13.0 Å². The third kappa shape index (κ3) is 5.75. The van der Waals surface area contributed by atoms with E-state index in [2.05, 4.69) is 14.9 Å². The van der Waals surface area contributed by atoms with Gasteiger partial charge in [0, 0.05) is 32.7 Å². The second-order valence-electron chi connectivity index (χ2n) is 5.44. The molecule has 0 spiro atoms. The van der Waals surface area contributed by atoms with E-state index in [1.807, 2.05) is 6.07 Å². The Morgan fingerprint density at radius 1 is 1.35 bits per heavy atom. The lowest BCUT2D eigenvalue weighted by atomic mass is 10.2. The summed E-state index contributed by atoms with van der Waals surface area (Å²) in [4.78, 5) is 2.58. The Hall–Kier alpha value is -1.17. The molecule has 1 aliphatic heterocycles. The third-order valence-corrected chi connectivity index (χ3v) is 5.37. The van der Waals surface area contributed by atoms with Gasteiger partial charge < -0.3 is 10.2 Å². The molecule has 0 saturated carbocycles. The lowest BCUT2D eigenvalue weighted by Gasteiger charge is -2.27. The first-order valence-electron chi connectivity index (χ1n) is 7.46. The van der Waals surface area contributed by atoms with Gasteiger partial charge in [-0.25, -0.2) is 13.1 Å². The van der Waals surface area contributed by atoms with Crippen molar-refractivity contribution in [3.05, 3.63) is 29.3 Å². The number of nitrogens with zero attached hydrogens (tertiary/aromatic N) is 2. The number of nitrogens with one attached hydrogen (secondary N) is 2. The van der Waals surface area contributed by atoms with Gasteiger partial charge in [-0.3, -0.25) is 0 Å². The van der Waals surface area contributed by atoms with Crippen molar-refractivity contribution in [1.29, 1.82) is 5.26 Å². The average molecular weight is 359 g/mol. The molecule has 1 heterocycles. The van der Waals surface area contributed by atoms with Crippen molar-refractivity contribution in [3.8, 4) is 6.07 Å². The molecule has 0 bridgehead atoms. The molecule has 0 radical (unpaired) electrons. The third-order valence-electron chi connectivity index (χ3n) is 3.75. The predicted molar refractivity (Wildman–Crippen MR) is 92.3 cm³/mol. The Bertz CT molecular complexity index is 652. The Labute approximate surface area is 144 Å². The highest BCUT2D eigenvalue weighted by Gasteiger charge is 2.17. The molecule has 0 unspecified atom stereocenters. The van der Waals surface area contributed by atoms with E-state index >= 15 is 0 Å². The van der Waals surface area contributed by atoms with Crippen molar-refractivity contribution in [1.82, 2.24) is 14.9 Å². The Kier molecular flexibility index (Phi) is 7.95. The summed E-state index contributed by atoms with van der Waals surface area (Å²) < 4.78 is 27.2. The van der Waals surface area contributed by atoms with Gasteiger partial charge in [0.15, 0.2) is 0 Å². The van der Waals surface area contributed by atoms with E-state index in [9.17, 15) is 8.42 Å². The van der Waals surface area contributed by atoms with E-state index < -0.39 is 10.0 Å². The smallest absolute Gasteiger partial charge is 0.240 e. The zero-order chi connectivity index (χ0) is 16.0. The topological polar surface area (TPSA) is 85.2 Å². The van der Waals surface area contributed by atoms with Crippen LogP contribution in [0.4, 0.5) is 0 Å². The molecule has 2 N–H and O–H groups in total. The molecule has 6 nitrogen and oxygen atoms in total. The van der Waals surface area contributed by atoms with Gasteiger partial charge >= 0.3 is 0 Å². The fourth-order valence-corrected chi connectivity index (χ4v) is 3.84. The summed E-state index contributed by atoms with van der Waals surface area (Å²) >= 11 is 0. The first-order chi connectivity index (χ1) is 10.5. The first kappa shape index (κ1) is 19.9. The highest BCUT2D eigenvalue weighted by molar-refractivity contribution is 7.89. The summed E-state index contributed by atoms with van der Waals surface area (Å²) in [6.45, 7) is 7.05. The number of benzene rings is 1. The first-order valence-corrected chi connectivity index (χ1v) is 8.95. The quantitative estimate of drug-likeness (QED) is 0.737. The molecule has 1 fully saturated rings. The van der Waals surface area contributed by atoms with Gasteiger partial charge in [0.05, 0.1) is 16.5 Å². The average Bonchev–Trinajstić information content (AvgIpc) is 2.52. The number of piperazine rings is 1. The maximum absolute atomic E-state index is 12.3. The standard InChI is InChI=1S/C15H22N4O2S.ClH/c1-13-11-14(12-16)3-4-15(13)22(20,21)18-5-2-8-19-9-6-17-7-10-19;/h3-4,11,17-18H,2,5-10H2,1H3;1H. The van der Waals surface area contributed by atoms with Crippen LogP contribution >= 0.6 is 12.4 Å². The minimum absolute atomic E-state index is 0. The summed E-state index contributed by atoms with van der Waals surface area (Å²) in [5.41, 5.74) is 1.06. The fraction of sp³-hybridized carbons (Fsp3) is 0.533. The van der Waals surface area contributed by atoms with E-state index in [1.165, 1.54) is 12.1 Å². The highest BCUT2D eigenvalue weighted by Crippen LogP contribution is 2.16. The molecule has 1 saturated heterocycles. The van der Waals surface area contributed by atoms with Crippen LogP contribution in [0.2, 0.25) is 0 Å². The number of halogens is 1. The van der Waals surface area contributed by atoms with Crippen LogP contribution in [0.5, 0.6) is 0 Å². The van der Waals surface area contributed by atoms with Gasteiger partial charge in [-0.1, -0.05) is 0 Å². The van der Waals surface area contributed by atoms with Gasteiger partial charge in [-0.05, 0) is 43.7 Å². The summed E-state index contributed by atoms with van der Waals surface area (Å²) in [5, 5.41) is 12.1. The Morgan fingerprint density at radius 2 is 2.04 bits per heavy atom. The summed E-state index contributed by atoms with van der Waals surface area (Å²) in [6, 6.07) is 6.62. The normalized spacial score (nSPS) is 15.7. The molecule has 23 heavy (non-hydrogen) atoms. The SMILES string of the molecule is Cc1cc(C#N)ccc1S(=O)(=O)NCCCN1CCNCC1.Cl. The number of sulfonamides is 1. The van der Waals surface area contributed by atoms with Crippen molar-refractivity contribution in [2.45, 2.75) is 18.2 Å².